The van der Waals surface area contributed by atoms with Gasteiger partial charge in [-0.3, -0.25) is 10.1 Å². The van der Waals surface area contributed by atoms with E-state index in [1.807, 2.05) is 49.4 Å². The third kappa shape index (κ3) is 5.76. The molecule has 0 aliphatic rings. The number of amides is 1. The topological polar surface area (TPSA) is 67.2 Å². The van der Waals surface area contributed by atoms with E-state index in [2.05, 4.69) is 16.7 Å². The molecule has 9 heteroatoms. The lowest BCUT2D eigenvalue weighted by Crippen LogP contribution is -2.33. The molecule has 0 saturated carbocycles. The van der Waals surface area contributed by atoms with Gasteiger partial charge in [-0.15, -0.1) is 11.3 Å². The summed E-state index contributed by atoms with van der Waals surface area (Å²) in [4.78, 5) is 17.2. The fourth-order valence-electron chi connectivity index (χ4n) is 3.63. The standard InChI is InChI=1S/C28H19Cl2N3O2S2/c1-16-9-10-17(27-31-21-7-2-3-8-24(21)37-27)15-22(16)32-28(36)33-25(34)14-12-18-11-13-23(35-18)19-5-4-6-20(29)26(19)30/h2-15H,1H3,(H2,32,33,34,36). The Morgan fingerprint density at radius 1 is 1.05 bits per heavy atom. The first-order valence-electron chi connectivity index (χ1n) is 11.2. The van der Waals surface area contributed by atoms with Crippen molar-refractivity contribution in [3.05, 3.63) is 100 Å². The zero-order valence-electron chi connectivity index (χ0n) is 19.4. The molecule has 0 saturated heterocycles. The number of para-hydroxylation sites is 1. The number of nitrogens with one attached hydrogen (secondary N) is 2. The molecule has 0 unspecified atom stereocenters. The van der Waals surface area contributed by atoms with Gasteiger partial charge in [0.1, 0.15) is 16.5 Å². The predicted molar refractivity (Wildman–Crippen MR) is 157 cm³/mol. The molecule has 2 heterocycles. The predicted octanol–water partition coefficient (Wildman–Crippen LogP) is 8.36. The molecule has 0 aliphatic carbocycles. The number of anilines is 1. The highest BCUT2D eigenvalue weighted by Gasteiger charge is 2.12. The van der Waals surface area contributed by atoms with Crippen molar-refractivity contribution in [2.75, 3.05) is 5.32 Å². The van der Waals surface area contributed by atoms with E-state index in [-0.39, 0.29) is 5.11 Å². The van der Waals surface area contributed by atoms with Gasteiger partial charge in [-0.05, 0) is 73.2 Å². The van der Waals surface area contributed by atoms with Gasteiger partial charge in [0.25, 0.3) is 0 Å². The Kier molecular flexibility index (Phi) is 7.39. The first-order valence-corrected chi connectivity index (χ1v) is 13.2. The largest absolute Gasteiger partial charge is 0.457 e. The maximum absolute atomic E-state index is 12.5. The van der Waals surface area contributed by atoms with Crippen LogP contribution in [-0.2, 0) is 4.79 Å². The number of benzene rings is 3. The second-order valence-electron chi connectivity index (χ2n) is 8.10. The monoisotopic (exact) mass is 563 g/mol. The number of halogens is 2. The van der Waals surface area contributed by atoms with Crippen LogP contribution in [0.3, 0.4) is 0 Å². The van der Waals surface area contributed by atoms with Gasteiger partial charge in [-0.2, -0.15) is 0 Å². The lowest BCUT2D eigenvalue weighted by molar-refractivity contribution is -0.115. The van der Waals surface area contributed by atoms with Gasteiger partial charge < -0.3 is 9.73 Å². The highest BCUT2D eigenvalue weighted by molar-refractivity contribution is 7.80. The number of hydrogen-bond donors (Lipinski definition) is 2. The average Bonchev–Trinajstić information content (AvgIpc) is 3.53. The minimum atomic E-state index is -0.392. The molecule has 184 valence electrons. The molecule has 0 radical (unpaired) electrons. The van der Waals surface area contributed by atoms with E-state index in [1.54, 1.807) is 41.7 Å². The Morgan fingerprint density at radius 2 is 1.89 bits per heavy atom. The lowest BCUT2D eigenvalue weighted by Gasteiger charge is -2.12. The number of thiazole rings is 1. The van der Waals surface area contributed by atoms with E-state index in [0.717, 1.165) is 32.0 Å². The Hall–Kier alpha value is -3.49. The van der Waals surface area contributed by atoms with Crippen molar-refractivity contribution >= 4 is 79.8 Å². The second kappa shape index (κ2) is 10.9. The minimum absolute atomic E-state index is 0.185. The summed E-state index contributed by atoms with van der Waals surface area (Å²) in [6.45, 7) is 1.97. The first-order chi connectivity index (χ1) is 17.9. The maximum Gasteiger partial charge on any atom is 0.250 e. The SMILES string of the molecule is Cc1ccc(-c2nc3ccccc3s2)cc1NC(=S)NC(=O)C=Cc1ccc(-c2cccc(Cl)c2Cl)o1. The number of rotatable bonds is 5. The molecule has 5 aromatic rings. The number of aryl methyl sites for hydroxylation is 1. The number of fused-ring (bicyclic) bond motifs is 1. The smallest absolute Gasteiger partial charge is 0.250 e. The van der Waals surface area contributed by atoms with E-state index < -0.39 is 5.91 Å². The van der Waals surface area contributed by atoms with Crippen LogP contribution in [0.1, 0.15) is 11.3 Å². The quantitative estimate of drug-likeness (QED) is 0.166. The molecular formula is C28H19Cl2N3O2S2. The molecule has 37 heavy (non-hydrogen) atoms. The van der Waals surface area contributed by atoms with Crippen molar-refractivity contribution in [1.82, 2.24) is 10.3 Å². The van der Waals surface area contributed by atoms with Gasteiger partial charge in [-0.25, -0.2) is 4.98 Å². The minimum Gasteiger partial charge on any atom is -0.457 e. The fraction of sp³-hybridized carbons (Fsp3) is 0.0357. The molecule has 5 nitrogen and oxygen atoms in total. The highest BCUT2D eigenvalue weighted by Crippen LogP contribution is 2.35. The van der Waals surface area contributed by atoms with Crippen LogP contribution < -0.4 is 10.6 Å². The molecule has 0 bridgehead atoms. The number of nitrogens with zero attached hydrogens (tertiary/aromatic N) is 1. The van der Waals surface area contributed by atoms with Crippen LogP contribution in [-0.4, -0.2) is 16.0 Å². The van der Waals surface area contributed by atoms with Crippen molar-refractivity contribution in [2.24, 2.45) is 0 Å². The highest BCUT2D eigenvalue weighted by atomic mass is 35.5. The molecule has 5 rings (SSSR count). The third-order valence-corrected chi connectivity index (χ3v) is 7.61. The molecule has 0 spiro atoms. The van der Waals surface area contributed by atoms with Crippen LogP contribution >= 0.6 is 46.8 Å². The zero-order chi connectivity index (χ0) is 25.9. The van der Waals surface area contributed by atoms with Crippen molar-refractivity contribution in [3.8, 4) is 21.9 Å². The molecule has 3 aromatic carbocycles. The summed E-state index contributed by atoms with van der Waals surface area (Å²) in [6, 6.07) is 22.8. The normalized spacial score (nSPS) is 11.2. The van der Waals surface area contributed by atoms with Crippen LogP contribution in [0.5, 0.6) is 0 Å². The molecule has 0 aliphatic heterocycles. The van der Waals surface area contributed by atoms with Gasteiger partial charge in [-0.1, -0.05) is 53.5 Å². The average molecular weight is 565 g/mol. The third-order valence-electron chi connectivity index (χ3n) is 5.51. The van der Waals surface area contributed by atoms with Crippen LogP contribution in [0.25, 0.3) is 38.2 Å². The van der Waals surface area contributed by atoms with E-state index in [4.69, 9.17) is 44.8 Å². The fourth-order valence-corrected chi connectivity index (χ4v) is 5.20. The van der Waals surface area contributed by atoms with Crippen LogP contribution in [0.2, 0.25) is 10.0 Å². The van der Waals surface area contributed by atoms with Gasteiger partial charge in [0.15, 0.2) is 5.11 Å². The maximum atomic E-state index is 12.5. The number of carbonyl (C=O) groups excluding carboxylic acids is 1. The molecule has 0 atom stereocenters. The van der Waals surface area contributed by atoms with E-state index >= 15 is 0 Å². The Morgan fingerprint density at radius 3 is 2.73 bits per heavy atom. The summed E-state index contributed by atoms with van der Waals surface area (Å²) in [5.74, 6) is 0.642. The van der Waals surface area contributed by atoms with Gasteiger partial charge in [0.05, 0.1) is 20.3 Å². The summed E-state index contributed by atoms with van der Waals surface area (Å²) < 4.78 is 6.91. The molecule has 2 N–H and O–H groups in total. The molecule has 1 amide bonds. The Balaban J connectivity index is 1.24. The van der Waals surface area contributed by atoms with Crippen molar-refractivity contribution < 1.29 is 9.21 Å². The van der Waals surface area contributed by atoms with E-state index in [1.165, 1.54) is 6.08 Å². The number of furan rings is 1. The summed E-state index contributed by atoms with van der Waals surface area (Å²) in [5, 5.41) is 7.72. The first kappa shape index (κ1) is 25.2. The zero-order valence-corrected chi connectivity index (χ0v) is 22.6. The Bertz CT molecular complexity index is 1640. The van der Waals surface area contributed by atoms with Crippen molar-refractivity contribution in [3.63, 3.8) is 0 Å². The summed E-state index contributed by atoms with van der Waals surface area (Å²) in [5.41, 5.74) is 4.38. The number of thiocarbonyl (C=S) groups is 1. The summed E-state index contributed by atoms with van der Waals surface area (Å²) >= 11 is 19.3. The lowest BCUT2D eigenvalue weighted by atomic mass is 10.1. The molecule has 0 fully saturated rings. The number of carbonyl (C=O) groups is 1. The Labute approximate surface area is 232 Å². The summed E-state index contributed by atoms with van der Waals surface area (Å²) in [6.07, 6.45) is 2.90. The van der Waals surface area contributed by atoms with E-state index in [9.17, 15) is 4.79 Å². The molecule has 2 aromatic heterocycles. The van der Waals surface area contributed by atoms with Gasteiger partial charge in [0.2, 0.25) is 5.91 Å². The van der Waals surface area contributed by atoms with Crippen molar-refractivity contribution in [2.45, 2.75) is 6.92 Å². The van der Waals surface area contributed by atoms with Crippen LogP contribution in [0.15, 0.2) is 83.3 Å². The van der Waals surface area contributed by atoms with Crippen molar-refractivity contribution in [1.29, 1.82) is 0 Å². The van der Waals surface area contributed by atoms with E-state index in [0.29, 0.717) is 27.1 Å². The second-order valence-corrected chi connectivity index (χ2v) is 10.3. The number of hydrogen-bond acceptors (Lipinski definition) is 5. The van der Waals surface area contributed by atoms with Crippen LogP contribution in [0.4, 0.5) is 5.69 Å². The number of aromatic nitrogens is 1. The van der Waals surface area contributed by atoms with Crippen LogP contribution in [0, 0.1) is 6.92 Å². The van der Waals surface area contributed by atoms with Gasteiger partial charge >= 0.3 is 0 Å². The summed E-state index contributed by atoms with van der Waals surface area (Å²) in [7, 11) is 0. The van der Waals surface area contributed by atoms with Gasteiger partial charge in [0, 0.05) is 22.9 Å². The molecular weight excluding hydrogens is 545 g/mol.